The van der Waals surface area contributed by atoms with Crippen molar-refractivity contribution in [3.05, 3.63) is 158 Å². The molecule has 9 nitrogen and oxygen atoms in total. The summed E-state index contributed by atoms with van der Waals surface area (Å²) in [5.74, 6) is -0.211. The lowest BCUT2D eigenvalue weighted by Gasteiger charge is -2.40. The molecular formula is C63H99NO8. The molecule has 72 heavy (non-hydrogen) atoms. The van der Waals surface area contributed by atoms with Crippen LogP contribution in [0.1, 0.15) is 174 Å². The number of unbranched alkanes of at least 4 members (excludes halogenated alkanes) is 10. The smallest absolute Gasteiger partial charge is 0.220 e. The Morgan fingerprint density at radius 2 is 0.833 bits per heavy atom. The summed E-state index contributed by atoms with van der Waals surface area (Å²) in [6.45, 7) is 3.48. The van der Waals surface area contributed by atoms with Crippen molar-refractivity contribution in [1.29, 1.82) is 0 Å². The lowest BCUT2D eigenvalue weighted by Crippen LogP contribution is -2.60. The summed E-state index contributed by atoms with van der Waals surface area (Å²) in [6.07, 6.45) is 73.3. The van der Waals surface area contributed by atoms with Crippen molar-refractivity contribution >= 4 is 5.91 Å². The topological polar surface area (TPSA) is 149 Å². The fourth-order valence-corrected chi connectivity index (χ4v) is 7.52. The van der Waals surface area contributed by atoms with Crippen LogP contribution < -0.4 is 5.32 Å². The van der Waals surface area contributed by atoms with E-state index in [1.54, 1.807) is 6.08 Å². The van der Waals surface area contributed by atoms with Gasteiger partial charge >= 0.3 is 0 Å². The van der Waals surface area contributed by atoms with Gasteiger partial charge in [-0.15, -0.1) is 0 Å². The van der Waals surface area contributed by atoms with E-state index in [9.17, 15) is 30.3 Å². The minimum atomic E-state index is -1.58. The predicted molar refractivity (Wildman–Crippen MR) is 303 cm³/mol. The fraction of sp³-hybridized carbons (Fsp3) is 0.571. The van der Waals surface area contributed by atoms with Gasteiger partial charge in [-0.1, -0.05) is 210 Å². The second kappa shape index (κ2) is 50.3. The number of amides is 1. The molecule has 0 saturated carbocycles. The predicted octanol–water partition coefficient (Wildman–Crippen LogP) is 13.7. The molecule has 1 amide bonds. The van der Waals surface area contributed by atoms with Crippen LogP contribution in [0.2, 0.25) is 0 Å². The van der Waals surface area contributed by atoms with E-state index >= 15 is 0 Å². The number of aliphatic hydroxyl groups excluding tert-OH is 5. The minimum Gasteiger partial charge on any atom is -0.394 e. The molecule has 1 aliphatic rings. The molecule has 0 aromatic heterocycles. The highest BCUT2D eigenvalue weighted by Crippen LogP contribution is 2.22. The van der Waals surface area contributed by atoms with Gasteiger partial charge in [-0.2, -0.15) is 0 Å². The normalized spacial score (nSPS) is 20.5. The molecule has 9 heteroatoms. The number of hydrogen-bond acceptors (Lipinski definition) is 8. The lowest BCUT2D eigenvalue weighted by atomic mass is 9.99. The van der Waals surface area contributed by atoms with Crippen LogP contribution in [0, 0.1) is 0 Å². The average Bonchev–Trinajstić information content (AvgIpc) is 3.38. The van der Waals surface area contributed by atoms with E-state index in [1.165, 1.54) is 25.7 Å². The molecule has 1 heterocycles. The van der Waals surface area contributed by atoms with Crippen molar-refractivity contribution in [3.8, 4) is 0 Å². The SMILES string of the molecule is CC/C=C\C/C=C\C/C=C\C/C=C\C/C=C\C/C=C\C/C=C\C/C=C\C/C=C\C/C=C\CCCCCCCCCCC(=O)NC(COC1OC(CO)C(O)C(O)C1O)C(O)/C=C/CC/C=C/CC/C=C/CC. The van der Waals surface area contributed by atoms with E-state index in [0.29, 0.717) is 12.8 Å². The van der Waals surface area contributed by atoms with E-state index in [0.717, 1.165) is 122 Å². The molecule has 404 valence electrons. The zero-order chi connectivity index (χ0) is 52.2. The summed E-state index contributed by atoms with van der Waals surface area (Å²) < 4.78 is 11.2. The number of ether oxygens (including phenoxy) is 2. The molecule has 0 spiro atoms. The highest BCUT2D eigenvalue weighted by Gasteiger charge is 2.44. The van der Waals surface area contributed by atoms with Crippen molar-refractivity contribution < 1.29 is 39.8 Å². The van der Waals surface area contributed by atoms with Gasteiger partial charge in [-0.3, -0.25) is 4.79 Å². The van der Waals surface area contributed by atoms with E-state index in [4.69, 9.17) is 9.47 Å². The first kappa shape index (κ1) is 65.8. The van der Waals surface area contributed by atoms with Gasteiger partial charge < -0.3 is 40.3 Å². The maximum Gasteiger partial charge on any atom is 0.220 e. The maximum atomic E-state index is 13.0. The molecule has 0 radical (unpaired) electrons. The monoisotopic (exact) mass is 998 g/mol. The van der Waals surface area contributed by atoms with E-state index < -0.39 is 49.5 Å². The van der Waals surface area contributed by atoms with Crippen LogP contribution in [0.5, 0.6) is 0 Å². The number of aliphatic hydroxyl groups is 5. The first-order valence-electron chi connectivity index (χ1n) is 27.7. The Balaban J connectivity index is 2.16. The number of carbonyl (C=O) groups excluding carboxylic acids is 1. The van der Waals surface area contributed by atoms with Gasteiger partial charge in [-0.25, -0.2) is 0 Å². The van der Waals surface area contributed by atoms with Crippen LogP contribution >= 0.6 is 0 Å². The van der Waals surface area contributed by atoms with Crippen LogP contribution in [0.25, 0.3) is 0 Å². The van der Waals surface area contributed by atoms with E-state index in [-0.39, 0.29) is 12.5 Å². The Morgan fingerprint density at radius 1 is 0.472 bits per heavy atom. The summed E-state index contributed by atoms with van der Waals surface area (Å²) in [5.41, 5.74) is 0. The summed E-state index contributed by atoms with van der Waals surface area (Å²) in [7, 11) is 0. The molecule has 6 N–H and O–H groups in total. The van der Waals surface area contributed by atoms with Crippen molar-refractivity contribution in [2.75, 3.05) is 13.2 Å². The lowest BCUT2D eigenvalue weighted by molar-refractivity contribution is -0.302. The second-order valence-electron chi connectivity index (χ2n) is 18.2. The Morgan fingerprint density at radius 3 is 1.28 bits per heavy atom. The third-order valence-electron chi connectivity index (χ3n) is 11.8. The summed E-state index contributed by atoms with van der Waals surface area (Å²) >= 11 is 0. The second-order valence-corrected chi connectivity index (χ2v) is 18.2. The largest absolute Gasteiger partial charge is 0.394 e. The third-order valence-corrected chi connectivity index (χ3v) is 11.8. The quantitative estimate of drug-likeness (QED) is 0.0261. The fourth-order valence-electron chi connectivity index (χ4n) is 7.52. The summed E-state index contributed by atoms with van der Waals surface area (Å²) in [5, 5.41) is 54.1. The molecule has 0 aromatic carbocycles. The number of rotatable bonds is 44. The molecule has 0 aliphatic carbocycles. The van der Waals surface area contributed by atoms with Crippen molar-refractivity contribution in [2.24, 2.45) is 0 Å². The Bertz CT molecular complexity index is 1680. The van der Waals surface area contributed by atoms with E-state index in [1.807, 2.05) is 6.08 Å². The maximum absolute atomic E-state index is 13.0. The van der Waals surface area contributed by atoms with Gasteiger partial charge in [0.2, 0.25) is 5.91 Å². The summed E-state index contributed by atoms with van der Waals surface area (Å²) in [4.78, 5) is 13.0. The minimum absolute atomic E-state index is 0.211. The molecular weight excluding hydrogens is 899 g/mol. The Hall–Kier alpha value is -4.19. The molecule has 1 fully saturated rings. The summed E-state index contributed by atoms with van der Waals surface area (Å²) in [6, 6.07) is -0.842. The van der Waals surface area contributed by atoms with Crippen molar-refractivity contribution in [2.45, 2.75) is 217 Å². The van der Waals surface area contributed by atoms with Gasteiger partial charge in [0.1, 0.15) is 24.4 Å². The number of allylic oxidation sites excluding steroid dienone is 25. The molecule has 7 unspecified atom stereocenters. The standard InChI is InChI=1S/C63H99NO8/c1-3-5-7-9-11-13-15-16-17-18-19-20-21-22-23-24-25-26-27-28-29-30-31-32-33-34-35-36-37-38-39-40-41-42-43-45-47-49-51-53-59(67)64-56(55-71-63-62(70)61(69)60(68)58(54-65)72-63)57(66)52-50-48-46-44-14-12-10-8-6-4-2/h5-8,11,13-14,16-17,19-20,22-23,25-26,28-29,31-32,34-35,37-38,44,50,52,56-58,60-63,65-66,68-70H,3-4,9-10,12,15,18,21,24,27,30,33,36,39-43,45-49,51,53-55H2,1-2H3,(H,64,67)/b7-5-,8-6+,13-11-,17-16-,20-19-,23-22-,26-25-,29-28-,32-31-,35-34-,38-37-,44-14+,52-50+. The molecule has 1 rings (SSSR count). The van der Waals surface area contributed by atoms with Gasteiger partial charge in [0.25, 0.3) is 0 Å². The van der Waals surface area contributed by atoms with E-state index in [2.05, 4.69) is 165 Å². The van der Waals surface area contributed by atoms with Crippen LogP contribution in [-0.4, -0.2) is 87.5 Å². The molecule has 1 saturated heterocycles. The third kappa shape index (κ3) is 39.4. The van der Waals surface area contributed by atoms with Crippen molar-refractivity contribution in [3.63, 3.8) is 0 Å². The average molecular weight is 998 g/mol. The van der Waals surface area contributed by atoms with Gasteiger partial charge in [0.05, 0.1) is 25.4 Å². The van der Waals surface area contributed by atoms with Crippen LogP contribution in [0.15, 0.2) is 158 Å². The molecule has 0 bridgehead atoms. The van der Waals surface area contributed by atoms with Gasteiger partial charge in [-0.05, 0) is 116 Å². The highest BCUT2D eigenvalue weighted by atomic mass is 16.7. The first-order chi connectivity index (χ1) is 35.3. The number of hydrogen-bond donors (Lipinski definition) is 6. The zero-order valence-electron chi connectivity index (χ0n) is 44.6. The van der Waals surface area contributed by atoms with Crippen molar-refractivity contribution in [1.82, 2.24) is 5.32 Å². The van der Waals surface area contributed by atoms with Gasteiger partial charge in [0.15, 0.2) is 6.29 Å². The molecule has 7 atom stereocenters. The Kier molecular flexibility index (Phi) is 46.0. The number of carbonyl (C=O) groups is 1. The first-order valence-corrected chi connectivity index (χ1v) is 27.7. The van der Waals surface area contributed by atoms with Gasteiger partial charge in [0, 0.05) is 6.42 Å². The zero-order valence-corrected chi connectivity index (χ0v) is 44.6. The number of nitrogens with one attached hydrogen (secondary N) is 1. The van der Waals surface area contributed by atoms with Crippen LogP contribution in [-0.2, 0) is 14.3 Å². The molecule has 0 aromatic rings. The van der Waals surface area contributed by atoms with Crippen LogP contribution in [0.4, 0.5) is 0 Å². The molecule has 1 aliphatic heterocycles. The van der Waals surface area contributed by atoms with Crippen LogP contribution in [0.3, 0.4) is 0 Å². The Labute approximate surface area is 437 Å². The highest BCUT2D eigenvalue weighted by molar-refractivity contribution is 5.76.